The molecule has 4 rings (SSSR count). The van der Waals surface area contributed by atoms with Gasteiger partial charge in [0.05, 0.1) is 24.5 Å². The number of anilines is 1. The summed E-state index contributed by atoms with van der Waals surface area (Å²) in [5.41, 5.74) is 4.00. The zero-order valence-electron chi connectivity index (χ0n) is 13.4. The lowest BCUT2D eigenvalue weighted by Gasteiger charge is -2.11. The Morgan fingerprint density at radius 3 is 2.79 bits per heavy atom. The number of aliphatic hydroxyl groups excluding tert-OH is 1. The Morgan fingerprint density at radius 1 is 1.17 bits per heavy atom. The van der Waals surface area contributed by atoms with E-state index >= 15 is 0 Å². The second-order valence-corrected chi connectivity index (χ2v) is 6.96. The van der Waals surface area contributed by atoms with Gasteiger partial charge in [0.15, 0.2) is 0 Å². The fraction of sp³-hybridized carbons (Fsp3) is 0.333. The first-order chi connectivity index (χ1) is 11.8. The van der Waals surface area contributed by atoms with Gasteiger partial charge < -0.3 is 15.0 Å². The molecule has 0 saturated carbocycles. The summed E-state index contributed by atoms with van der Waals surface area (Å²) < 4.78 is 2.28. The molecule has 2 N–H and O–H groups in total. The lowest BCUT2D eigenvalue weighted by atomic mass is 10.1. The average Bonchev–Trinajstić information content (AvgIpc) is 3.27. The summed E-state index contributed by atoms with van der Waals surface area (Å²) in [5, 5.41) is 15.3. The quantitative estimate of drug-likeness (QED) is 0.747. The van der Waals surface area contributed by atoms with Gasteiger partial charge in [0.1, 0.15) is 10.8 Å². The minimum absolute atomic E-state index is 0.000166. The molecule has 124 valence electrons. The fourth-order valence-corrected chi connectivity index (χ4v) is 3.72. The third kappa shape index (κ3) is 3.20. The number of fused-ring (bicyclic) bond motifs is 1. The van der Waals surface area contributed by atoms with E-state index in [1.165, 1.54) is 18.7 Å². The number of hydrogen-bond donors (Lipinski definition) is 2. The second kappa shape index (κ2) is 6.75. The van der Waals surface area contributed by atoms with Crippen LogP contribution in [0.25, 0.3) is 11.3 Å². The van der Waals surface area contributed by atoms with E-state index in [-0.39, 0.29) is 6.61 Å². The van der Waals surface area contributed by atoms with Crippen LogP contribution in [0.1, 0.15) is 29.4 Å². The number of benzene rings is 1. The lowest BCUT2D eigenvalue weighted by Crippen LogP contribution is -2.08. The molecule has 24 heavy (non-hydrogen) atoms. The number of imidazole rings is 1. The SMILES string of the molecule is OCc1csc(CNc2ccc(-c3cn4c(n3)CCCC4)cc2)n1. The molecule has 0 atom stereocenters. The van der Waals surface area contributed by atoms with E-state index in [0.717, 1.165) is 40.6 Å². The molecule has 1 aliphatic heterocycles. The van der Waals surface area contributed by atoms with Crippen LogP contribution in [0.15, 0.2) is 35.8 Å². The van der Waals surface area contributed by atoms with Gasteiger partial charge in [-0.3, -0.25) is 0 Å². The first kappa shape index (κ1) is 15.4. The zero-order chi connectivity index (χ0) is 16.4. The molecule has 0 radical (unpaired) electrons. The van der Waals surface area contributed by atoms with Crippen LogP contribution in [0.2, 0.25) is 0 Å². The van der Waals surface area contributed by atoms with Gasteiger partial charge in [-0.05, 0) is 25.0 Å². The van der Waals surface area contributed by atoms with Crippen LogP contribution in [0, 0.1) is 0 Å². The first-order valence-electron chi connectivity index (χ1n) is 8.26. The molecule has 0 amide bonds. The van der Waals surface area contributed by atoms with E-state index in [2.05, 4.69) is 45.3 Å². The van der Waals surface area contributed by atoms with Crippen LogP contribution >= 0.6 is 11.3 Å². The highest BCUT2D eigenvalue weighted by molar-refractivity contribution is 7.09. The van der Waals surface area contributed by atoms with Gasteiger partial charge >= 0.3 is 0 Å². The summed E-state index contributed by atoms with van der Waals surface area (Å²) in [4.78, 5) is 9.11. The van der Waals surface area contributed by atoms with Crippen LogP contribution in [0.3, 0.4) is 0 Å². The van der Waals surface area contributed by atoms with E-state index in [4.69, 9.17) is 10.1 Å². The minimum atomic E-state index is -0.000166. The maximum Gasteiger partial charge on any atom is 0.112 e. The number of thiazole rings is 1. The summed E-state index contributed by atoms with van der Waals surface area (Å²) in [6, 6.07) is 8.37. The minimum Gasteiger partial charge on any atom is -0.390 e. The Labute approximate surface area is 145 Å². The van der Waals surface area contributed by atoms with Crippen molar-refractivity contribution in [1.29, 1.82) is 0 Å². The highest BCUT2D eigenvalue weighted by Crippen LogP contribution is 2.24. The molecule has 3 heterocycles. The molecule has 5 nitrogen and oxygen atoms in total. The van der Waals surface area contributed by atoms with Gasteiger partial charge in [-0.1, -0.05) is 12.1 Å². The van der Waals surface area contributed by atoms with Gasteiger partial charge in [-0.15, -0.1) is 11.3 Å². The number of nitrogens with zero attached hydrogens (tertiary/aromatic N) is 3. The molecular formula is C18H20N4OS. The van der Waals surface area contributed by atoms with E-state index < -0.39 is 0 Å². The van der Waals surface area contributed by atoms with E-state index in [0.29, 0.717) is 6.54 Å². The normalized spacial score (nSPS) is 13.7. The summed E-state index contributed by atoms with van der Waals surface area (Å²) >= 11 is 1.56. The van der Waals surface area contributed by atoms with Crippen LogP contribution < -0.4 is 5.32 Å². The summed E-state index contributed by atoms with van der Waals surface area (Å²) in [6.45, 7) is 1.76. The number of hydrogen-bond acceptors (Lipinski definition) is 5. The van der Waals surface area contributed by atoms with Crippen molar-refractivity contribution in [2.45, 2.75) is 39.0 Å². The molecule has 2 aromatic heterocycles. The molecular weight excluding hydrogens is 320 g/mol. The van der Waals surface area contributed by atoms with Crippen LogP contribution in [-0.4, -0.2) is 19.6 Å². The lowest BCUT2D eigenvalue weighted by molar-refractivity contribution is 0.277. The molecule has 1 aromatic carbocycles. The number of nitrogens with one attached hydrogen (secondary N) is 1. The van der Waals surface area contributed by atoms with Crippen molar-refractivity contribution in [2.75, 3.05) is 5.32 Å². The first-order valence-corrected chi connectivity index (χ1v) is 9.14. The predicted molar refractivity (Wildman–Crippen MR) is 96.0 cm³/mol. The molecule has 0 unspecified atom stereocenters. The van der Waals surface area contributed by atoms with Crippen molar-refractivity contribution >= 4 is 17.0 Å². The fourth-order valence-electron chi connectivity index (χ4n) is 2.99. The standard InChI is InChI=1S/C18H20N4OS/c23-11-15-12-24-18(20-15)9-19-14-6-4-13(5-7-14)16-10-22-8-2-1-3-17(22)21-16/h4-7,10,12,19,23H,1-3,8-9,11H2. The van der Waals surface area contributed by atoms with E-state index in [1.807, 2.05) is 5.38 Å². The Morgan fingerprint density at radius 2 is 2.04 bits per heavy atom. The number of rotatable bonds is 5. The molecule has 0 aliphatic carbocycles. The van der Waals surface area contributed by atoms with Gasteiger partial charge in [-0.25, -0.2) is 9.97 Å². The second-order valence-electron chi connectivity index (χ2n) is 6.01. The highest BCUT2D eigenvalue weighted by Gasteiger charge is 2.13. The Kier molecular flexibility index (Phi) is 4.32. The maximum atomic E-state index is 9.05. The van der Waals surface area contributed by atoms with Crippen molar-refractivity contribution in [2.24, 2.45) is 0 Å². The van der Waals surface area contributed by atoms with Gasteiger partial charge in [0.25, 0.3) is 0 Å². The smallest absolute Gasteiger partial charge is 0.112 e. The largest absolute Gasteiger partial charge is 0.390 e. The number of aryl methyl sites for hydroxylation is 2. The van der Waals surface area contributed by atoms with Crippen LogP contribution in [0.5, 0.6) is 0 Å². The van der Waals surface area contributed by atoms with Crippen molar-refractivity contribution < 1.29 is 5.11 Å². The van der Waals surface area contributed by atoms with Crippen molar-refractivity contribution in [3.05, 3.63) is 52.4 Å². The molecule has 3 aromatic rings. The van der Waals surface area contributed by atoms with Gasteiger partial charge in [0.2, 0.25) is 0 Å². The van der Waals surface area contributed by atoms with Crippen molar-refractivity contribution in [3.8, 4) is 11.3 Å². The number of aliphatic hydroxyl groups is 1. The van der Waals surface area contributed by atoms with Crippen molar-refractivity contribution in [3.63, 3.8) is 0 Å². The molecule has 0 fully saturated rings. The molecule has 1 aliphatic rings. The van der Waals surface area contributed by atoms with E-state index in [1.54, 1.807) is 11.3 Å². The van der Waals surface area contributed by atoms with Crippen molar-refractivity contribution in [1.82, 2.24) is 14.5 Å². The molecule has 0 spiro atoms. The third-order valence-corrected chi connectivity index (χ3v) is 5.19. The van der Waals surface area contributed by atoms with Gasteiger partial charge in [0, 0.05) is 35.8 Å². The Balaban J connectivity index is 1.43. The summed E-state index contributed by atoms with van der Waals surface area (Å²) in [6.07, 6.45) is 5.75. The topological polar surface area (TPSA) is 63.0 Å². The highest BCUT2D eigenvalue weighted by atomic mass is 32.1. The number of aromatic nitrogens is 3. The maximum absolute atomic E-state index is 9.05. The molecule has 0 saturated heterocycles. The monoisotopic (exact) mass is 340 g/mol. The Bertz CT molecular complexity index is 798. The summed E-state index contributed by atoms with van der Waals surface area (Å²) in [7, 11) is 0. The molecule has 0 bridgehead atoms. The summed E-state index contributed by atoms with van der Waals surface area (Å²) in [5.74, 6) is 1.21. The van der Waals surface area contributed by atoms with Crippen LogP contribution in [0.4, 0.5) is 5.69 Å². The zero-order valence-corrected chi connectivity index (χ0v) is 14.2. The third-order valence-electron chi connectivity index (χ3n) is 4.29. The average molecular weight is 340 g/mol. The molecule has 6 heteroatoms. The van der Waals surface area contributed by atoms with E-state index in [9.17, 15) is 0 Å². The van der Waals surface area contributed by atoms with Gasteiger partial charge in [-0.2, -0.15) is 0 Å². The van der Waals surface area contributed by atoms with Crippen LogP contribution in [-0.2, 0) is 26.1 Å². The predicted octanol–water partition coefficient (Wildman–Crippen LogP) is 3.45. The Hall–Kier alpha value is -2.18.